The van der Waals surface area contributed by atoms with Gasteiger partial charge in [0.1, 0.15) is 6.33 Å². The Morgan fingerprint density at radius 1 is 1.35 bits per heavy atom. The summed E-state index contributed by atoms with van der Waals surface area (Å²) in [5.41, 5.74) is 1.94. The minimum Gasteiger partial charge on any atom is -0.481 e. The first-order chi connectivity index (χ1) is 12.3. The standard InChI is InChI=1S/C18H25N5O3/c1-11(2)18(16(25)26)7-8-22(9-18)15(24)6-5-14-12(3)21-17-19-10-20-23(17)13(14)4/h10-11H,5-9H2,1-4H3,(H,25,26). The molecule has 8 heteroatoms. The van der Waals surface area contributed by atoms with Gasteiger partial charge in [0.2, 0.25) is 5.91 Å². The molecule has 0 saturated carbocycles. The third-order valence-corrected chi connectivity index (χ3v) is 5.76. The highest BCUT2D eigenvalue weighted by Crippen LogP contribution is 2.38. The average Bonchev–Trinajstić information content (AvgIpc) is 3.21. The van der Waals surface area contributed by atoms with Crippen LogP contribution in [0.15, 0.2) is 6.33 Å². The molecule has 1 aliphatic rings. The van der Waals surface area contributed by atoms with Gasteiger partial charge in [-0.2, -0.15) is 10.1 Å². The van der Waals surface area contributed by atoms with E-state index in [0.29, 0.717) is 31.6 Å². The first kappa shape index (κ1) is 18.3. The zero-order chi connectivity index (χ0) is 19.1. The monoisotopic (exact) mass is 359 g/mol. The summed E-state index contributed by atoms with van der Waals surface area (Å²) in [6.07, 6.45) is 2.86. The van der Waals surface area contributed by atoms with Crippen LogP contribution in [0.25, 0.3) is 5.78 Å². The van der Waals surface area contributed by atoms with E-state index in [1.165, 1.54) is 6.33 Å². The summed E-state index contributed by atoms with van der Waals surface area (Å²) in [5.74, 6) is -0.277. The highest BCUT2D eigenvalue weighted by molar-refractivity contribution is 5.81. The number of hydrogen-bond donors (Lipinski definition) is 1. The highest BCUT2D eigenvalue weighted by atomic mass is 16.4. The van der Waals surface area contributed by atoms with Gasteiger partial charge >= 0.3 is 5.97 Å². The molecule has 1 unspecified atom stereocenters. The minimum absolute atomic E-state index is 0.00809. The fourth-order valence-electron chi connectivity index (χ4n) is 3.85. The molecule has 3 heterocycles. The molecule has 1 atom stereocenters. The molecule has 26 heavy (non-hydrogen) atoms. The largest absolute Gasteiger partial charge is 0.481 e. The van der Waals surface area contributed by atoms with Crippen LogP contribution in [-0.2, 0) is 16.0 Å². The Morgan fingerprint density at radius 2 is 2.08 bits per heavy atom. The normalized spacial score (nSPS) is 20.3. The summed E-state index contributed by atoms with van der Waals surface area (Å²) in [7, 11) is 0. The molecule has 1 aliphatic heterocycles. The maximum Gasteiger partial charge on any atom is 0.311 e. The predicted molar refractivity (Wildman–Crippen MR) is 94.7 cm³/mol. The Balaban J connectivity index is 1.71. The van der Waals surface area contributed by atoms with Gasteiger partial charge in [0.25, 0.3) is 5.78 Å². The van der Waals surface area contributed by atoms with Crippen LogP contribution in [0.1, 0.15) is 43.6 Å². The molecule has 0 aromatic carbocycles. The van der Waals surface area contributed by atoms with Gasteiger partial charge in [-0.15, -0.1) is 0 Å². The third kappa shape index (κ3) is 2.93. The van der Waals surface area contributed by atoms with Crippen LogP contribution in [0.4, 0.5) is 0 Å². The topological polar surface area (TPSA) is 101 Å². The van der Waals surface area contributed by atoms with E-state index < -0.39 is 11.4 Å². The Bertz CT molecular complexity index is 860. The third-order valence-electron chi connectivity index (χ3n) is 5.76. The van der Waals surface area contributed by atoms with E-state index >= 15 is 0 Å². The average molecular weight is 359 g/mol. The van der Waals surface area contributed by atoms with Crippen molar-refractivity contribution in [2.75, 3.05) is 13.1 Å². The van der Waals surface area contributed by atoms with Gasteiger partial charge in [-0.05, 0) is 38.2 Å². The maximum absolute atomic E-state index is 12.7. The number of likely N-dealkylation sites (tertiary alicyclic amines) is 1. The van der Waals surface area contributed by atoms with Crippen LogP contribution in [0.5, 0.6) is 0 Å². The molecular formula is C18H25N5O3. The predicted octanol–water partition coefficient (Wildman–Crippen LogP) is 1.63. The van der Waals surface area contributed by atoms with Crippen molar-refractivity contribution in [1.82, 2.24) is 24.5 Å². The van der Waals surface area contributed by atoms with Gasteiger partial charge in [0.15, 0.2) is 0 Å². The second-order valence-corrected chi connectivity index (χ2v) is 7.41. The number of carboxylic acid groups (broad SMARTS) is 1. The quantitative estimate of drug-likeness (QED) is 0.871. The molecular weight excluding hydrogens is 334 g/mol. The molecule has 8 nitrogen and oxygen atoms in total. The SMILES string of the molecule is Cc1nc2ncnn2c(C)c1CCC(=O)N1CCC(C(=O)O)(C(C)C)C1. The van der Waals surface area contributed by atoms with E-state index in [4.69, 9.17) is 0 Å². The van der Waals surface area contributed by atoms with Gasteiger partial charge in [0, 0.05) is 30.9 Å². The zero-order valence-electron chi connectivity index (χ0n) is 15.7. The Morgan fingerprint density at radius 3 is 2.69 bits per heavy atom. The first-order valence-electron chi connectivity index (χ1n) is 8.93. The van der Waals surface area contributed by atoms with E-state index in [9.17, 15) is 14.7 Å². The van der Waals surface area contributed by atoms with E-state index in [0.717, 1.165) is 17.0 Å². The molecule has 2 aromatic heterocycles. The van der Waals surface area contributed by atoms with Crippen molar-refractivity contribution in [2.45, 2.75) is 47.0 Å². The number of amides is 1. The lowest BCUT2D eigenvalue weighted by molar-refractivity contribution is -0.151. The van der Waals surface area contributed by atoms with Crippen molar-refractivity contribution >= 4 is 17.7 Å². The van der Waals surface area contributed by atoms with Crippen molar-refractivity contribution < 1.29 is 14.7 Å². The Kier molecular flexibility index (Phi) is 4.68. The van der Waals surface area contributed by atoms with Crippen LogP contribution < -0.4 is 0 Å². The molecule has 1 fully saturated rings. The fourth-order valence-corrected chi connectivity index (χ4v) is 3.85. The number of nitrogens with zero attached hydrogens (tertiary/aromatic N) is 5. The molecule has 0 bridgehead atoms. The van der Waals surface area contributed by atoms with E-state index in [1.54, 1.807) is 9.42 Å². The summed E-state index contributed by atoms with van der Waals surface area (Å²) in [5, 5.41) is 13.8. The van der Waals surface area contributed by atoms with Gasteiger partial charge in [-0.1, -0.05) is 13.8 Å². The summed E-state index contributed by atoms with van der Waals surface area (Å²) in [6.45, 7) is 8.46. The van der Waals surface area contributed by atoms with Crippen molar-refractivity contribution in [1.29, 1.82) is 0 Å². The summed E-state index contributed by atoms with van der Waals surface area (Å²) >= 11 is 0. The number of hydrogen-bond acceptors (Lipinski definition) is 5. The molecule has 0 aliphatic carbocycles. The number of rotatable bonds is 5. The van der Waals surface area contributed by atoms with Crippen LogP contribution >= 0.6 is 0 Å². The van der Waals surface area contributed by atoms with E-state index in [1.807, 2.05) is 27.7 Å². The number of fused-ring (bicyclic) bond motifs is 1. The van der Waals surface area contributed by atoms with Gasteiger partial charge in [-0.3, -0.25) is 9.59 Å². The van der Waals surface area contributed by atoms with Crippen LogP contribution in [-0.4, -0.2) is 54.6 Å². The summed E-state index contributed by atoms with van der Waals surface area (Å²) < 4.78 is 1.68. The van der Waals surface area contributed by atoms with Crippen molar-refractivity contribution in [3.8, 4) is 0 Å². The molecule has 3 rings (SSSR count). The Hall–Kier alpha value is -2.51. The number of aryl methyl sites for hydroxylation is 2. The molecule has 1 N–H and O–H groups in total. The lowest BCUT2D eigenvalue weighted by atomic mass is 9.76. The lowest BCUT2D eigenvalue weighted by Crippen LogP contribution is -2.40. The second kappa shape index (κ2) is 6.66. The lowest BCUT2D eigenvalue weighted by Gasteiger charge is -2.28. The van der Waals surface area contributed by atoms with Crippen LogP contribution in [0, 0.1) is 25.2 Å². The summed E-state index contributed by atoms with van der Waals surface area (Å²) in [6, 6.07) is 0. The number of carbonyl (C=O) groups excluding carboxylic acids is 1. The van der Waals surface area contributed by atoms with Crippen molar-refractivity contribution in [3.05, 3.63) is 23.3 Å². The summed E-state index contributed by atoms with van der Waals surface area (Å²) in [4.78, 5) is 34.6. The highest BCUT2D eigenvalue weighted by Gasteiger charge is 2.48. The smallest absolute Gasteiger partial charge is 0.311 e. The van der Waals surface area contributed by atoms with Crippen LogP contribution in [0.2, 0.25) is 0 Å². The Labute approximate surface area is 152 Å². The minimum atomic E-state index is -0.831. The second-order valence-electron chi connectivity index (χ2n) is 7.41. The molecule has 0 radical (unpaired) electrons. The molecule has 1 amide bonds. The van der Waals surface area contributed by atoms with Gasteiger partial charge in [-0.25, -0.2) is 9.50 Å². The van der Waals surface area contributed by atoms with Gasteiger partial charge < -0.3 is 10.0 Å². The van der Waals surface area contributed by atoms with E-state index in [2.05, 4.69) is 15.1 Å². The van der Waals surface area contributed by atoms with Gasteiger partial charge in [0.05, 0.1) is 5.41 Å². The zero-order valence-corrected chi connectivity index (χ0v) is 15.7. The van der Waals surface area contributed by atoms with Crippen LogP contribution in [0.3, 0.4) is 0 Å². The van der Waals surface area contributed by atoms with Crippen molar-refractivity contribution in [2.24, 2.45) is 11.3 Å². The number of carbonyl (C=O) groups is 2. The maximum atomic E-state index is 12.7. The molecule has 2 aromatic rings. The number of aliphatic carboxylic acids is 1. The van der Waals surface area contributed by atoms with E-state index in [-0.39, 0.29) is 18.4 Å². The number of aromatic nitrogens is 4. The van der Waals surface area contributed by atoms with Crippen molar-refractivity contribution in [3.63, 3.8) is 0 Å². The molecule has 0 spiro atoms. The molecule has 140 valence electrons. The first-order valence-corrected chi connectivity index (χ1v) is 8.93. The fraction of sp³-hybridized carbons (Fsp3) is 0.611. The number of carboxylic acids is 1. The molecule has 1 saturated heterocycles.